The minimum atomic E-state index is 1.46. The first-order valence-electron chi connectivity index (χ1n) is 1.07. The molecule has 0 bridgehead atoms. The van der Waals surface area contributed by atoms with E-state index in [4.69, 9.17) is 5.53 Å². The molecule has 0 aromatic carbocycles. The Balaban J connectivity index is 2.92. The largest absolute Gasteiger partial charge is 0.183 e. The third-order valence-electron chi connectivity index (χ3n) is 0.134. The van der Waals surface area contributed by atoms with Gasteiger partial charge in [0.15, 0.2) is 0 Å². The average Bonchev–Trinajstić information content (AvgIpc) is 1.41. The first-order chi connectivity index (χ1) is 2.41. The zero-order valence-electron chi connectivity index (χ0n) is 2.84. The lowest BCUT2D eigenvalue weighted by Crippen LogP contribution is -1.37. The SMILES string of the molecule is CN=NN=N. The molecule has 4 nitrogen and oxygen atoms in total. The quantitative estimate of drug-likeness (QED) is 0.355. The van der Waals surface area contributed by atoms with Crippen LogP contribution in [-0.2, 0) is 0 Å². The van der Waals surface area contributed by atoms with Gasteiger partial charge in [-0.05, 0) is 10.4 Å². The fraction of sp³-hybridized carbons (Fsp3) is 1.00. The van der Waals surface area contributed by atoms with Crippen molar-refractivity contribution in [2.45, 2.75) is 0 Å². The van der Waals surface area contributed by atoms with Gasteiger partial charge in [-0.15, -0.1) is 0 Å². The summed E-state index contributed by atoms with van der Waals surface area (Å²) in [6.45, 7) is 0. The second-order valence-corrected chi connectivity index (χ2v) is 0.389. The van der Waals surface area contributed by atoms with Crippen LogP contribution < -0.4 is 0 Å². The van der Waals surface area contributed by atoms with E-state index >= 15 is 0 Å². The lowest BCUT2D eigenvalue weighted by molar-refractivity contribution is 0.890. The van der Waals surface area contributed by atoms with Crippen LogP contribution in [0.15, 0.2) is 15.6 Å². The Morgan fingerprint density at radius 2 is 2.20 bits per heavy atom. The Hall–Kier alpha value is -0.800. The highest BCUT2D eigenvalue weighted by Gasteiger charge is 1.42. The van der Waals surface area contributed by atoms with Crippen molar-refractivity contribution in [3.63, 3.8) is 0 Å². The van der Waals surface area contributed by atoms with Gasteiger partial charge in [-0.2, -0.15) is 10.6 Å². The number of hydrogen-bond acceptors (Lipinski definition) is 2. The first-order valence-corrected chi connectivity index (χ1v) is 1.07. The molecule has 5 heavy (non-hydrogen) atoms. The van der Waals surface area contributed by atoms with Crippen molar-refractivity contribution in [1.29, 1.82) is 5.53 Å². The molecule has 0 atom stereocenters. The second-order valence-electron chi connectivity index (χ2n) is 0.389. The van der Waals surface area contributed by atoms with Gasteiger partial charge >= 0.3 is 0 Å². The number of rotatable bonds is 1. The Morgan fingerprint density at radius 3 is 2.20 bits per heavy atom. The monoisotopic (exact) mass is 72.0 g/mol. The zero-order valence-corrected chi connectivity index (χ0v) is 2.84. The van der Waals surface area contributed by atoms with Crippen LogP contribution in [0.5, 0.6) is 0 Å². The van der Waals surface area contributed by atoms with Crippen LogP contribution in [0.3, 0.4) is 0 Å². The molecule has 4 heteroatoms. The highest BCUT2D eigenvalue weighted by molar-refractivity contribution is 3.95. The van der Waals surface area contributed by atoms with Crippen LogP contribution >= 0.6 is 0 Å². The van der Waals surface area contributed by atoms with E-state index in [1.54, 1.807) is 0 Å². The maximum atomic E-state index is 5.97. The van der Waals surface area contributed by atoms with Crippen molar-refractivity contribution in [2.24, 2.45) is 15.6 Å². The summed E-state index contributed by atoms with van der Waals surface area (Å²) in [4.78, 5) is 0. The second kappa shape index (κ2) is 3.20. The number of nitrogens with zero attached hydrogens (tertiary/aromatic N) is 3. The summed E-state index contributed by atoms with van der Waals surface area (Å²) in [5.41, 5.74) is 5.97. The van der Waals surface area contributed by atoms with Gasteiger partial charge in [0, 0.05) is 0 Å². The van der Waals surface area contributed by atoms with Gasteiger partial charge in [-0.25, -0.2) is 0 Å². The standard InChI is InChI=1S/CH4N4/c1-3-5-4-2/h2H,1H3. The van der Waals surface area contributed by atoms with Gasteiger partial charge in [0.05, 0.1) is 7.05 Å². The molecule has 0 fully saturated rings. The molecular weight excluding hydrogens is 68.0 g/mol. The molecule has 1 N–H and O–H groups in total. The topological polar surface area (TPSA) is 60.9 Å². The molecule has 0 saturated carbocycles. The third kappa shape index (κ3) is 3.20. The normalized spacial score (nSPS) is 9.00. The van der Waals surface area contributed by atoms with E-state index in [2.05, 4.69) is 15.6 Å². The molecular formula is CH4N4. The predicted molar refractivity (Wildman–Crippen MR) is 15.9 cm³/mol. The first kappa shape index (κ1) is 4.20. The Morgan fingerprint density at radius 1 is 1.60 bits per heavy atom. The van der Waals surface area contributed by atoms with Crippen molar-refractivity contribution < 1.29 is 0 Å². The smallest absolute Gasteiger partial charge is 0.0510 e. The molecule has 0 rings (SSSR count). The van der Waals surface area contributed by atoms with Gasteiger partial charge in [-0.1, -0.05) is 0 Å². The molecule has 0 unspecified atom stereocenters. The number of hydrogen-bond donors (Lipinski definition) is 1. The van der Waals surface area contributed by atoms with E-state index in [0.717, 1.165) is 0 Å². The van der Waals surface area contributed by atoms with Crippen LogP contribution in [0.4, 0.5) is 0 Å². The molecule has 28 valence electrons. The minimum Gasteiger partial charge on any atom is -0.183 e. The van der Waals surface area contributed by atoms with Gasteiger partial charge in [0.1, 0.15) is 0 Å². The number of nitrogens with one attached hydrogen (secondary N) is 1. The molecule has 0 spiro atoms. The maximum absolute atomic E-state index is 5.97. The average molecular weight is 72.1 g/mol. The van der Waals surface area contributed by atoms with Crippen molar-refractivity contribution in [1.82, 2.24) is 0 Å². The summed E-state index contributed by atoms with van der Waals surface area (Å²) in [6, 6.07) is 0. The molecule has 0 heterocycles. The predicted octanol–water partition coefficient (Wildman–Crippen LogP) is 1.01. The lowest BCUT2D eigenvalue weighted by Gasteiger charge is -1.55. The van der Waals surface area contributed by atoms with Crippen LogP contribution in [-0.4, -0.2) is 7.05 Å². The van der Waals surface area contributed by atoms with Crippen LogP contribution in [0.25, 0.3) is 0 Å². The van der Waals surface area contributed by atoms with Crippen molar-refractivity contribution in [2.75, 3.05) is 7.05 Å². The van der Waals surface area contributed by atoms with E-state index in [1.165, 1.54) is 7.05 Å². The van der Waals surface area contributed by atoms with Gasteiger partial charge < -0.3 is 0 Å². The van der Waals surface area contributed by atoms with Crippen LogP contribution in [0.1, 0.15) is 0 Å². The fourth-order valence-electron chi connectivity index (χ4n) is 0.0447. The minimum absolute atomic E-state index is 1.46. The summed E-state index contributed by atoms with van der Waals surface area (Å²) in [5, 5.41) is 8.58. The highest BCUT2D eigenvalue weighted by atomic mass is 15.4. The summed E-state index contributed by atoms with van der Waals surface area (Å²) in [5.74, 6) is 0. The van der Waals surface area contributed by atoms with Crippen molar-refractivity contribution >= 4 is 0 Å². The Labute approximate surface area is 29.4 Å². The summed E-state index contributed by atoms with van der Waals surface area (Å²) in [7, 11) is 1.46. The molecule has 0 aromatic heterocycles. The van der Waals surface area contributed by atoms with Crippen molar-refractivity contribution in [3.05, 3.63) is 0 Å². The maximum Gasteiger partial charge on any atom is 0.0510 e. The van der Waals surface area contributed by atoms with E-state index in [9.17, 15) is 0 Å². The van der Waals surface area contributed by atoms with E-state index in [-0.39, 0.29) is 0 Å². The molecule has 0 aliphatic rings. The highest BCUT2D eigenvalue weighted by Crippen LogP contribution is 1.63. The lowest BCUT2D eigenvalue weighted by atomic mass is 11.6. The molecule has 0 amide bonds. The molecule has 0 aromatic rings. The summed E-state index contributed by atoms with van der Waals surface area (Å²) in [6.07, 6.45) is 0. The fourth-order valence-corrected chi connectivity index (χ4v) is 0.0447. The third-order valence-corrected chi connectivity index (χ3v) is 0.134. The van der Waals surface area contributed by atoms with Crippen molar-refractivity contribution in [3.8, 4) is 0 Å². The molecule has 0 aliphatic carbocycles. The van der Waals surface area contributed by atoms with Gasteiger partial charge in [0.2, 0.25) is 0 Å². The van der Waals surface area contributed by atoms with E-state index in [1.807, 2.05) is 0 Å². The van der Waals surface area contributed by atoms with E-state index in [0.29, 0.717) is 0 Å². The Kier molecular flexibility index (Phi) is 2.69. The summed E-state index contributed by atoms with van der Waals surface area (Å²) >= 11 is 0. The molecule has 0 aliphatic heterocycles. The molecule has 0 radical (unpaired) electrons. The van der Waals surface area contributed by atoms with E-state index < -0.39 is 0 Å². The summed E-state index contributed by atoms with van der Waals surface area (Å²) < 4.78 is 0. The van der Waals surface area contributed by atoms with Gasteiger partial charge in [0.25, 0.3) is 0 Å². The molecule has 0 saturated heterocycles. The zero-order chi connectivity index (χ0) is 4.12. The Bertz CT molecular complexity index is 45.6. The van der Waals surface area contributed by atoms with Crippen LogP contribution in [0, 0.1) is 5.53 Å². The van der Waals surface area contributed by atoms with Crippen LogP contribution in [0.2, 0.25) is 0 Å². The van der Waals surface area contributed by atoms with Gasteiger partial charge in [-0.3, -0.25) is 0 Å².